The molecule has 0 amide bonds. The Kier molecular flexibility index (Phi) is 3.48. The SMILES string of the molecule is COCNc1ccccc1B=O. The molecule has 0 unspecified atom stereocenters. The zero-order valence-corrected chi connectivity index (χ0v) is 6.91. The molecular formula is C8H10BNO2. The molecule has 4 heteroatoms. The molecule has 0 atom stereocenters. The average Bonchev–Trinajstić information content (AvgIpc) is 2.15. The number of hydrogen-bond acceptors (Lipinski definition) is 3. The molecule has 0 aliphatic rings. The van der Waals surface area contributed by atoms with Gasteiger partial charge in [-0.25, -0.2) is 0 Å². The van der Waals surface area contributed by atoms with Crippen molar-refractivity contribution < 1.29 is 9.44 Å². The van der Waals surface area contributed by atoms with E-state index in [-0.39, 0.29) is 0 Å². The summed E-state index contributed by atoms with van der Waals surface area (Å²) in [6.07, 6.45) is 0. The number of ether oxygens (including phenoxy) is 1. The summed E-state index contributed by atoms with van der Waals surface area (Å²) in [5.41, 5.74) is 1.45. The first-order valence-corrected chi connectivity index (χ1v) is 3.65. The van der Waals surface area contributed by atoms with E-state index in [1.54, 1.807) is 13.2 Å². The number of methoxy groups -OCH3 is 1. The van der Waals surface area contributed by atoms with Crippen LogP contribution in [0, 0.1) is 0 Å². The molecule has 3 nitrogen and oxygen atoms in total. The predicted octanol–water partition coefficient (Wildman–Crippen LogP) is 0.377. The monoisotopic (exact) mass is 163 g/mol. The Morgan fingerprint density at radius 3 is 2.92 bits per heavy atom. The number of anilines is 1. The van der Waals surface area contributed by atoms with Crippen LogP contribution in [0.5, 0.6) is 0 Å². The van der Waals surface area contributed by atoms with Crippen LogP contribution >= 0.6 is 0 Å². The van der Waals surface area contributed by atoms with E-state index >= 15 is 0 Å². The van der Waals surface area contributed by atoms with E-state index in [1.165, 1.54) is 0 Å². The molecule has 12 heavy (non-hydrogen) atoms. The Labute approximate surface area is 72.0 Å². The Morgan fingerprint density at radius 1 is 1.50 bits per heavy atom. The zero-order chi connectivity index (χ0) is 8.81. The van der Waals surface area contributed by atoms with Crippen molar-refractivity contribution in [3.05, 3.63) is 24.3 Å². The van der Waals surface area contributed by atoms with Gasteiger partial charge in [0.2, 0.25) is 0 Å². The summed E-state index contributed by atoms with van der Waals surface area (Å²) in [4.78, 5) is 0. The van der Waals surface area contributed by atoms with Gasteiger partial charge in [-0.3, -0.25) is 0 Å². The van der Waals surface area contributed by atoms with Crippen molar-refractivity contribution in [1.82, 2.24) is 0 Å². The number of rotatable bonds is 4. The molecule has 0 heterocycles. The van der Waals surface area contributed by atoms with Gasteiger partial charge in [0.05, 0.1) is 0 Å². The quantitative estimate of drug-likeness (QED) is 0.514. The van der Waals surface area contributed by atoms with Crippen LogP contribution in [0.25, 0.3) is 0 Å². The molecule has 1 N–H and O–H groups in total. The van der Waals surface area contributed by atoms with Gasteiger partial charge in [0, 0.05) is 0 Å². The molecule has 0 aliphatic carbocycles. The molecule has 0 saturated heterocycles. The number of para-hydroxylation sites is 1. The second-order valence-electron chi connectivity index (χ2n) is 2.31. The molecule has 1 rings (SSSR count). The fourth-order valence-electron chi connectivity index (χ4n) is 0.911. The molecule has 0 spiro atoms. The molecular weight excluding hydrogens is 153 g/mol. The van der Waals surface area contributed by atoms with E-state index in [0.717, 1.165) is 12.8 Å². The Bertz CT molecular complexity index is 265. The van der Waals surface area contributed by atoms with Crippen molar-refractivity contribution in [2.45, 2.75) is 0 Å². The number of benzene rings is 1. The fourth-order valence-corrected chi connectivity index (χ4v) is 0.911. The van der Waals surface area contributed by atoms with Crippen LogP contribution in [0.2, 0.25) is 0 Å². The minimum atomic E-state index is 0.408. The second kappa shape index (κ2) is 4.67. The third-order valence-corrected chi connectivity index (χ3v) is 1.49. The summed E-state index contributed by atoms with van der Waals surface area (Å²) in [5, 5.41) is 2.96. The maximum atomic E-state index is 10.5. The van der Waals surface area contributed by atoms with E-state index in [0.29, 0.717) is 12.2 Å². The van der Waals surface area contributed by atoms with Crippen LogP contribution in [0.15, 0.2) is 24.3 Å². The van der Waals surface area contributed by atoms with Gasteiger partial charge in [0.15, 0.2) is 0 Å². The van der Waals surface area contributed by atoms with Crippen molar-refractivity contribution in [2.75, 3.05) is 19.2 Å². The molecule has 0 aromatic heterocycles. The van der Waals surface area contributed by atoms with Crippen molar-refractivity contribution >= 4 is 18.3 Å². The maximum absolute atomic E-state index is 10.5. The molecule has 0 bridgehead atoms. The molecule has 62 valence electrons. The van der Waals surface area contributed by atoms with Gasteiger partial charge in [0.1, 0.15) is 0 Å². The Morgan fingerprint density at radius 2 is 2.25 bits per heavy atom. The molecule has 0 radical (unpaired) electrons. The summed E-state index contributed by atoms with van der Waals surface area (Å²) < 4.78 is 15.3. The predicted molar refractivity (Wildman–Crippen MR) is 48.0 cm³/mol. The van der Waals surface area contributed by atoms with Crippen molar-refractivity contribution in [1.29, 1.82) is 0 Å². The molecule has 1 aromatic rings. The number of hydrogen-bond donors (Lipinski definition) is 1. The summed E-state index contributed by atoms with van der Waals surface area (Å²) in [5.74, 6) is 0. The van der Waals surface area contributed by atoms with E-state index in [2.05, 4.69) is 5.32 Å². The van der Waals surface area contributed by atoms with Gasteiger partial charge in [-0.15, -0.1) is 0 Å². The summed E-state index contributed by atoms with van der Waals surface area (Å²) in [7, 11) is 2.41. The van der Waals surface area contributed by atoms with E-state index in [9.17, 15) is 4.70 Å². The topological polar surface area (TPSA) is 38.3 Å². The van der Waals surface area contributed by atoms with Crippen LogP contribution in [0.1, 0.15) is 0 Å². The van der Waals surface area contributed by atoms with E-state index < -0.39 is 0 Å². The minimum absolute atomic E-state index is 0.408. The summed E-state index contributed by atoms with van der Waals surface area (Å²) in [6.45, 7) is 0.408. The van der Waals surface area contributed by atoms with Gasteiger partial charge in [0.25, 0.3) is 0 Å². The Hall–Kier alpha value is -1.16. The summed E-state index contributed by atoms with van der Waals surface area (Å²) >= 11 is 0. The van der Waals surface area contributed by atoms with Gasteiger partial charge < -0.3 is 0 Å². The van der Waals surface area contributed by atoms with Crippen LogP contribution in [0.4, 0.5) is 5.69 Å². The van der Waals surface area contributed by atoms with Gasteiger partial charge in [-0.1, -0.05) is 0 Å². The third-order valence-electron chi connectivity index (χ3n) is 1.49. The van der Waals surface area contributed by atoms with Gasteiger partial charge in [-0.05, 0) is 0 Å². The molecule has 1 aromatic carbocycles. The first-order valence-electron chi connectivity index (χ1n) is 3.65. The van der Waals surface area contributed by atoms with Crippen molar-refractivity contribution in [2.24, 2.45) is 0 Å². The number of nitrogens with one attached hydrogen (secondary N) is 1. The molecule has 0 fully saturated rings. The molecule has 0 aliphatic heterocycles. The summed E-state index contributed by atoms with van der Waals surface area (Å²) in [6, 6.07) is 7.28. The van der Waals surface area contributed by atoms with Crippen molar-refractivity contribution in [3.8, 4) is 0 Å². The Balaban J connectivity index is 2.75. The first kappa shape index (κ1) is 8.94. The van der Waals surface area contributed by atoms with Crippen LogP contribution in [-0.2, 0) is 9.44 Å². The zero-order valence-electron chi connectivity index (χ0n) is 6.91. The second-order valence-corrected chi connectivity index (χ2v) is 2.31. The van der Waals surface area contributed by atoms with Crippen LogP contribution in [0.3, 0.4) is 0 Å². The first-order chi connectivity index (χ1) is 5.88. The molecule has 0 saturated carbocycles. The van der Waals surface area contributed by atoms with Gasteiger partial charge >= 0.3 is 71.2 Å². The average molecular weight is 163 g/mol. The van der Waals surface area contributed by atoms with Crippen LogP contribution < -0.4 is 10.8 Å². The standard InChI is InChI=1S/C8H10BNO2/c1-12-6-10-8-5-3-2-4-7(8)9-11/h2-5,10H,6H2,1H3. The normalized spacial score (nSPS) is 9.08. The van der Waals surface area contributed by atoms with Crippen molar-refractivity contribution in [3.63, 3.8) is 0 Å². The fraction of sp³-hybridized carbons (Fsp3) is 0.250. The van der Waals surface area contributed by atoms with E-state index in [1.807, 2.05) is 18.2 Å². The van der Waals surface area contributed by atoms with Gasteiger partial charge in [-0.2, -0.15) is 0 Å². The van der Waals surface area contributed by atoms with E-state index in [4.69, 9.17) is 4.74 Å². The van der Waals surface area contributed by atoms with Crippen LogP contribution in [-0.4, -0.2) is 21.0 Å². The third kappa shape index (κ3) is 2.17.